The number of fused-ring (bicyclic) bond motifs is 1. The highest BCUT2D eigenvalue weighted by molar-refractivity contribution is 5.97. The van der Waals surface area contributed by atoms with E-state index in [0.29, 0.717) is 12.2 Å². The summed E-state index contributed by atoms with van der Waals surface area (Å²) in [5.74, 6) is -0.138. The molecule has 4 nitrogen and oxygen atoms in total. The van der Waals surface area contributed by atoms with E-state index < -0.39 is 0 Å². The van der Waals surface area contributed by atoms with E-state index >= 15 is 0 Å². The number of H-pyrrole nitrogens is 1. The van der Waals surface area contributed by atoms with E-state index in [2.05, 4.69) is 10.3 Å². The van der Waals surface area contributed by atoms with Gasteiger partial charge in [-0.15, -0.1) is 0 Å². The Morgan fingerprint density at radius 1 is 1.05 bits per heavy atom. The summed E-state index contributed by atoms with van der Waals surface area (Å²) in [6.07, 6.45) is 0. The number of carbonyl (C=O) groups is 1. The molecular formula is C17H16N2O2. The molecule has 1 aromatic heterocycles. The first-order valence-electron chi connectivity index (χ1n) is 6.81. The van der Waals surface area contributed by atoms with E-state index in [1.807, 2.05) is 54.6 Å². The van der Waals surface area contributed by atoms with Crippen LogP contribution in [0.1, 0.15) is 21.6 Å². The normalized spacial score (nSPS) is 10.7. The fourth-order valence-corrected chi connectivity index (χ4v) is 2.31. The van der Waals surface area contributed by atoms with E-state index in [1.54, 1.807) is 0 Å². The number of nitrogens with one attached hydrogen (secondary N) is 2. The molecule has 0 aliphatic carbocycles. The van der Waals surface area contributed by atoms with Gasteiger partial charge in [0.25, 0.3) is 5.91 Å². The Bertz CT molecular complexity index is 744. The molecule has 0 spiro atoms. The van der Waals surface area contributed by atoms with E-state index in [0.717, 1.165) is 22.0 Å². The maximum Gasteiger partial charge on any atom is 0.267 e. The van der Waals surface area contributed by atoms with Gasteiger partial charge in [0.15, 0.2) is 0 Å². The van der Waals surface area contributed by atoms with Gasteiger partial charge in [-0.1, -0.05) is 42.5 Å². The highest BCUT2D eigenvalue weighted by Crippen LogP contribution is 2.14. The monoisotopic (exact) mass is 280 g/mol. The van der Waals surface area contributed by atoms with Gasteiger partial charge in [-0.25, -0.2) is 0 Å². The Labute approximate surface area is 122 Å². The maximum atomic E-state index is 12.2. The molecule has 0 radical (unpaired) electrons. The van der Waals surface area contributed by atoms with Gasteiger partial charge in [0.2, 0.25) is 0 Å². The number of aromatic nitrogens is 1. The van der Waals surface area contributed by atoms with Crippen molar-refractivity contribution in [1.29, 1.82) is 0 Å². The summed E-state index contributed by atoms with van der Waals surface area (Å²) in [5, 5.41) is 13.0. The second-order valence-electron chi connectivity index (χ2n) is 4.93. The molecule has 0 saturated heterocycles. The first-order valence-corrected chi connectivity index (χ1v) is 6.81. The van der Waals surface area contributed by atoms with Gasteiger partial charge < -0.3 is 15.4 Å². The second-order valence-corrected chi connectivity index (χ2v) is 4.93. The zero-order valence-corrected chi connectivity index (χ0v) is 11.5. The maximum absolute atomic E-state index is 12.2. The molecule has 3 N–H and O–H groups in total. The van der Waals surface area contributed by atoms with Crippen LogP contribution in [-0.2, 0) is 13.2 Å². The number of aliphatic hydroxyl groups is 1. The Morgan fingerprint density at radius 2 is 1.86 bits per heavy atom. The van der Waals surface area contributed by atoms with Crippen molar-refractivity contribution in [2.75, 3.05) is 0 Å². The summed E-state index contributed by atoms with van der Waals surface area (Å²) in [7, 11) is 0. The number of hydrogen-bond donors (Lipinski definition) is 3. The lowest BCUT2D eigenvalue weighted by atomic mass is 10.1. The van der Waals surface area contributed by atoms with Crippen LogP contribution in [0.3, 0.4) is 0 Å². The summed E-state index contributed by atoms with van der Waals surface area (Å²) in [6, 6.07) is 17.1. The summed E-state index contributed by atoms with van der Waals surface area (Å²) >= 11 is 0. The standard InChI is InChI=1S/C17H16N2O2/c20-11-13-5-3-4-12(8-13)10-18-17(21)16-9-14-6-1-2-7-15(14)19-16/h1-9,19-20H,10-11H2,(H,18,21). The SMILES string of the molecule is O=C(NCc1cccc(CO)c1)c1cc2ccccc2[nH]1. The van der Waals surface area contributed by atoms with Gasteiger partial charge in [-0.2, -0.15) is 0 Å². The molecule has 106 valence electrons. The van der Waals surface area contributed by atoms with E-state index in [9.17, 15) is 4.79 Å². The molecule has 2 aromatic carbocycles. The van der Waals surface area contributed by atoms with Gasteiger partial charge in [0, 0.05) is 17.4 Å². The fraction of sp³-hybridized carbons (Fsp3) is 0.118. The van der Waals surface area contributed by atoms with Crippen molar-refractivity contribution in [3.63, 3.8) is 0 Å². The lowest BCUT2D eigenvalue weighted by Crippen LogP contribution is -2.23. The van der Waals surface area contributed by atoms with Crippen LogP contribution in [0.5, 0.6) is 0 Å². The predicted molar refractivity (Wildman–Crippen MR) is 81.8 cm³/mol. The van der Waals surface area contributed by atoms with E-state index in [4.69, 9.17) is 5.11 Å². The average molecular weight is 280 g/mol. The summed E-state index contributed by atoms with van der Waals surface area (Å²) < 4.78 is 0. The van der Waals surface area contributed by atoms with E-state index in [-0.39, 0.29) is 12.5 Å². The molecule has 0 fully saturated rings. The Balaban J connectivity index is 1.71. The van der Waals surface area contributed by atoms with Crippen LogP contribution < -0.4 is 5.32 Å². The number of aromatic amines is 1. The minimum absolute atomic E-state index is 0.00377. The van der Waals surface area contributed by atoms with Crippen molar-refractivity contribution in [2.45, 2.75) is 13.2 Å². The molecule has 3 aromatic rings. The molecule has 21 heavy (non-hydrogen) atoms. The Morgan fingerprint density at radius 3 is 2.67 bits per heavy atom. The van der Waals surface area contributed by atoms with Crippen molar-refractivity contribution >= 4 is 16.8 Å². The fourth-order valence-electron chi connectivity index (χ4n) is 2.31. The van der Waals surface area contributed by atoms with Crippen LogP contribution >= 0.6 is 0 Å². The molecule has 0 saturated carbocycles. The number of amides is 1. The third-order valence-electron chi connectivity index (χ3n) is 3.40. The van der Waals surface area contributed by atoms with Gasteiger partial charge in [0.1, 0.15) is 5.69 Å². The summed E-state index contributed by atoms with van der Waals surface area (Å²) in [5.41, 5.74) is 3.30. The van der Waals surface area contributed by atoms with Crippen LogP contribution in [0.4, 0.5) is 0 Å². The number of hydrogen-bond acceptors (Lipinski definition) is 2. The lowest BCUT2D eigenvalue weighted by molar-refractivity contribution is 0.0946. The van der Waals surface area contributed by atoms with Crippen molar-refractivity contribution in [3.05, 3.63) is 71.4 Å². The molecular weight excluding hydrogens is 264 g/mol. The summed E-state index contributed by atoms with van der Waals surface area (Å²) in [4.78, 5) is 15.3. The van der Waals surface area contributed by atoms with Crippen molar-refractivity contribution in [1.82, 2.24) is 10.3 Å². The van der Waals surface area contributed by atoms with Crippen molar-refractivity contribution < 1.29 is 9.90 Å². The van der Waals surface area contributed by atoms with Crippen LogP contribution in [-0.4, -0.2) is 16.0 Å². The first-order chi connectivity index (χ1) is 10.3. The molecule has 1 heterocycles. The smallest absolute Gasteiger partial charge is 0.267 e. The molecule has 0 aliphatic heterocycles. The topological polar surface area (TPSA) is 65.1 Å². The number of carbonyl (C=O) groups excluding carboxylic acids is 1. The number of benzene rings is 2. The van der Waals surface area contributed by atoms with Gasteiger partial charge >= 0.3 is 0 Å². The Hall–Kier alpha value is -2.59. The van der Waals surface area contributed by atoms with Gasteiger partial charge in [-0.3, -0.25) is 4.79 Å². The molecule has 3 rings (SSSR count). The lowest BCUT2D eigenvalue weighted by Gasteiger charge is -2.05. The quantitative estimate of drug-likeness (QED) is 0.687. The third kappa shape index (κ3) is 2.95. The molecule has 0 atom stereocenters. The highest BCUT2D eigenvalue weighted by Gasteiger charge is 2.08. The van der Waals surface area contributed by atoms with Gasteiger partial charge in [-0.05, 0) is 23.3 Å². The Kier molecular flexibility index (Phi) is 3.71. The predicted octanol–water partition coefficient (Wildman–Crippen LogP) is 2.59. The zero-order chi connectivity index (χ0) is 14.7. The minimum Gasteiger partial charge on any atom is -0.392 e. The molecule has 1 amide bonds. The van der Waals surface area contributed by atoms with Crippen LogP contribution in [0.25, 0.3) is 10.9 Å². The van der Waals surface area contributed by atoms with Gasteiger partial charge in [0.05, 0.1) is 6.61 Å². The molecule has 0 unspecified atom stereocenters. The van der Waals surface area contributed by atoms with Crippen LogP contribution in [0, 0.1) is 0 Å². The number of para-hydroxylation sites is 1. The molecule has 0 aliphatic rings. The number of rotatable bonds is 4. The number of aliphatic hydroxyl groups excluding tert-OH is 1. The van der Waals surface area contributed by atoms with Crippen molar-refractivity contribution in [3.8, 4) is 0 Å². The second kappa shape index (κ2) is 5.81. The highest BCUT2D eigenvalue weighted by atomic mass is 16.3. The van der Waals surface area contributed by atoms with Crippen molar-refractivity contribution in [2.24, 2.45) is 0 Å². The third-order valence-corrected chi connectivity index (χ3v) is 3.40. The summed E-state index contributed by atoms with van der Waals surface area (Å²) in [6.45, 7) is 0.436. The van der Waals surface area contributed by atoms with E-state index in [1.165, 1.54) is 0 Å². The minimum atomic E-state index is -0.138. The molecule has 4 heteroatoms. The van der Waals surface area contributed by atoms with Crippen LogP contribution in [0.15, 0.2) is 54.6 Å². The van der Waals surface area contributed by atoms with Crippen LogP contribution in [0.2, 0.25) is 0 Å². The largest absolute Gasteiger partial charge is 0.392 e. The zero-order valence-electron chi connectivity index (χ0n) is 11.5. The average Bonchev–Trinajstić information content (AvgIpc) is 2.97. The molecule has 0 bridgehead atoms. The first kappa shape index (κ1) is 13.4.